The number of rotatable bonds is 5. The highest BCUT2D eigenvalue weighted by Crippen LogP contribution is 2.34. The van der Waals surface area contributed by atoms with Crippen LogP contribution < -0.4 is 5.32 Å². The van der Waals surface area contributed by atoms with E-state index in [-0.39, 0.29) is 5.54 Å². The van der Waals surface area contributed by atoms with Gasteiger partial charge < -0.3 is 15.0 Å². The zero-order valence-electron chi connectivity index (χ0n) is 11.5. The minimum atomic E-state index is 0.0595. The molecule has 1 aromatic heterocycles. The van der Waals surface area contributed by atoms with Gasteiger partial charge in [0.25, 0.3) is 0 Å². The molecule has 0 saturated carbocycles. The number of aryl methyl sites for hydroxylation is 1. The summed E-state index contributed by atoms with van der Waals surface area (Å²) in [6.07, 6.45) is 2.25. The van der Waals surface area contributed by atoms with Crippen LogP contribution >= 0.6 is 11.3 Å². The fourth-order valence-corrected chi connectivity index (χ4v) is 3.47. The second kappa shape index (κ2) is 6.10. The van der Waals surface area contributed by atoms with E-state index in [2.05, 4.69) is 29.6 Å². The molecule has 0 atom stereocenters. The first-order chi connectivity index (χ1) is 8.66. The minimum Gasteiger partial charge on any atom is -0.383 e. The van der Waals surface area contributed by atoms with E-state index in [0.29, 0.717) is 0 Å². The zero-order valence-corrected chi connectivity index (χ0v) is 12.3. The Labute approximate surface area is 113 Å². The predicted octanol–water partition coefficient (Wildman–Crippen LogP) is 1.61. The fraction of sp³-hybridized carbons (Fsp3) is 0.769. The van der Waals surface area contributed by atoms with Crippen LogP contribution in [0.5, 0.6) is 0 Å². The van der Waals surface area contributed by atoms with Crippen molar-refractivity contribution < 1.29 is 4.74 Å². The molecule has 1 N–H and O–H groups in total. The lowest BCUT2D eigenvalue weighted by Gasteiger charge is -2.40. The first-order valence-corrected chi connectivity index (χ1v) is 7.39. The summed E-state index contributed by atoms with van der Waals surface area (Å²) < 4.78 is 5.15. The molecule has 2 heterocycles. The van der Waals surface area contributed by atoms with Crippen molar-refractivity contribution in [2.75, 3.05) is 40.4 Å². The Balaban J connectivity index is 2.11. The predicted molar refractivity (Wildman–Crippen MR) is 75.1 cm³/mol. The third-order valence-electron chi connectivity index (χ3n) is 3.64. The van der Waals surface area contributed by atoms with Gasteiger partial charge in [0, 0.05) is 37.8 Å². The maximum atomic E-state index is 5.15. The number of hydrogen-bond donors (Lipinski definition) is 1. The third-order valence-corrected chi connectivity index (χ3v) is 4.80. The van der Waals surface area contributed by atoms with Crippen molar-refractivity contribution in [3.05, 3.63) is 16.1 Å². The summed E-state index contributed by atoms with van der Waals surface area (Å²) in [6.45, 7) is 5.95. The highest BCUT2D eigenvalue weighted by atomic mass is 32.1. The summed E-state index contributed by atoms with van der Waals surface area (Å²) >= 11 is 1.78. The summed E-state index contributed by atoms with van der Waals surface area (Å²) in [7, 11) is 3.93. The Morgan fingerprint density at radius 2 is 2.22 bits per heavy atom. The van der Waals surface area contributed by atoms with Gasteiger partial charge in [-0.15, -0.1) is 11.3 Å². The number of likely N-dealkylation sites (tertiary alicyclic amines) is 1. The number of hydrogen-bond acceptors (Lipinski definition) is 5. The second-order valence-corrected chi connectivity index (χ2v) is 5.96. The molecule has 0 spiro atoms. The molecule has 0 amide bonds. The maximum Gasteiger partial charge on any atom is 0.113 e. The van der Waals surface area contributed by atoms with Crippen LogP contribution in [0.3, 0.4) is 0 Å². The molecule has 0 aromatic carbocycles. The average molecular weight is 269 g/mol. The van der Waals surface area contributed by atoms with Crippen LogP contribution in [-0.2, 0) is 10.3 Å². The number of nitrogens with one attached hydrogen (secondary N) is 1. The van der Waals surface area contributed by atoms with Crippen molar-refractivity contribution in [2.45, 2.75) is 25.3 Å². The van der Waals surface area contributed by atoms with Crippen molar-refractivity contribution in [3.63, 3.8) is 0 Å². The summed E-state index contributed by atoms with van der Waals surface area (Å²) in [5.74, 6) is 0. The standard InChI is InChI=1S/C13H23N3OS/c1-11-10-18-12(15-11)13(14-6-9-17-3)4-7-16(2)8-5-13/h10,14H,4-9H2,1-3H3. The van der Waals surface area contributed by atoms with Crippen LogP contribution in [0.2, 0.25) is 0 Å². The van der Waals surface area contributed by atoms with Crippen molar-refractivity contribution in [2.24, 2.45) is 0 Å². The van der Waals surface area contributed by atoms with Crippen LogP contribution in [0, 0.1) is 6.92 Å². The summed E-state index contributed by atoms with van der Waals surface area (Å²) in [6, 6.07) is 0. The topological polar surface area (TPSA) is 37.4 Å². The van der Waals surface area contributed by atoms with E-state index in [1.807, 2.05) is 0 Å². The molecule has 1 aliphatic heterocycles. The van der Waals surface area contributed by atoms with Gasteiger partial charge in [0.1, 0.15) is 5.01 Å². The maximum absolute atomic E-state index is 5.15. The van der Waals surface area contributed by atoms with Crippen molar-refractivity contribution in [1.29, 1.82) is 0 Å². The molecule has 4 nitrogen and oxygen atoms in total. The van der Waals surface area contributed by atoms with Gasteiger partial charge >= 0.3 is 0 Å². The number of ether oxygens (including phenoxy) is 1. The number of nitrogens with zero attached hydrogens (tertiary/aromatic N) is 2. The Hall–Kier alpha value is -0.490. The van der Waals surface area contributed by atoms with Crippen LogP contribution in [-0.4, -0.2) is 50.3 Å². The van der Waals surface area contributed by atoms with Crippen molar-refractivity contribution in [3.8, 4) is 0 Å². The quantitative estimate of drug-likeness (QED) is 0.824. The van der Waals surface area contributed by atoms with E-state index >= 15 is 0 Å². The molecule has 2 rings (SSSR count). The summed E-state index contributed by atoms with van der Waals surface area (Å²) in [4.78, 5) is 7.09. The van der Waals surface area contributed by atoms with Gasteiger partial charge in [-0.25, -0.2) is 4.98 Å². The van der Waals surface area contributed by atoms with E-state index in [0.717, 1.165) is 44.8 Å². The van der Waals surface area contributed by atoms with Crippen LogP contribution in [0.1, 0.15) is 23.5 Å². The van der Waals surface area contributed by atoms with Gasteiger partial charge in [-0.1, -0.05) is 0 Å². The first kappa shape index (κ1) is 13.9. The normalized spacial score (nSPS) is 20.2. The summed E-state index contributed by atoms with van der Waals surface area (Å²) in [5, 5.41) is 7.07. The fourth-order valence-electron chi connectivity index (χ4n) is 2.43. The molecule has 102 valence electrons. The highest BCUT2D eigenvalue weighted by Gasteiger charge is 2.37. The molecule has 1 aromatic rings. The molecule has 5 heteroatoms. The molecule has 0 radical (unpaired) electrons. The van der Waals surface area contributed by atoms with Crippen LogP contribution in [0.15, 0.2) is 5.38 Å². The van der Waals surface area contributed by atoms with Crippen molar-refractivity contribution >= 4 is 11.3 Å². The van der Waals surface area contributed by atoms with Crippen LogP contribution in [0.4, 0.5) is 0 Å². The number of thiazole rings is 1. The van der Waals surface area contributed by atoms with Gasteiger partial charge in [-0.3, -0.25) is 0 Å². The lowest BCUT2D eigenvalue weighted by atomic mass is 9.88. The van der Waals surface area contributed by atoms with E-state index in [4.69, 9.17) is 9.72 Å². The third kappa shape index (κ3) is 3.09. The number of piperidine rings is 1. The Bertz CT molecular complexity index is 372. The Morgan fingerprint density at radius 3 is 2.78 bits per heavy atom. The van der Waals surface area contributed by atoms with Gasteiger partial charge in [-0.05, 0) is 26.8 Å². The minimum absolute atomic E-state index is 0.0595. The molecule has 1 aliphatic rings. The number of aromatic nitrogens is 1. The number of methoxy groups -OCH3 is 1. The first-order valence-electron chi connectivity index (χ1n) is 6.51. The average Bonchev–Trinajstić information content (AvgIpc) is 2.80. The van der Waals surface area contributed by atoms with Crippen LogP contribution in [0.25, 0.3) is 0 Å². The smallest absolute Gasteiger partial charge is 0.113 e. The Kier molecular flexibility index (Phi) is 4.72. The molecule has 1 fully saturated rings. The molecule has 0 bridgehead atoms. The lowest BCUT2D eigenvalue weighted by Crippen LogP contribution is -2.51. The van der Waals surface area contributed by atoms with Gasteiger partial charge in [0.15, 0.2) is 0 Å². The largest absolute Gasteiger partial charge is 0.383 e. The van der Waals surface area contributed by atoms with Gasteiger partial charge in [-0.2, -0.15) is 0 Å². The zero-order chi connectivity index (χ0) is 13.0. The molecule has 1 saturated heterocycles. The molecule has 0 aliphatic carbocycles. The van der Waals surface area contributed by atoms with Gasteiger partial charge in [0.2, 0.25) is 0 Å². The lowest BCUT2D eigenvalue weighted by molar-refractivity contribution is 0.134. The Morgan fingerprint density at radius 1 is 1.50 bits per heavy atom. The van der Waals surface area contributed by atoms with E-state index in [1.54, 1.807) is 18.4 Å². The van der Waals surface area contributed by atoms with Gasteiger partial charge in [0.05, 0.1) is 12.1 Å². The molecule has 18 heavy (non-hydrogen) atoms. The van der Waals surface area contributed by atoms with E-state index in [9.17, 15) is 0 Å². The van der Waals surface area contributed by atoms with E-state index in [1.165, 1.54) is 5.01 Å². The SMILES string of the molecule is COCCNC1(c2nc(C)cs2)CCN(C)CC1. The van der Waals surface area contributed by atoms with Crippen molar-refractivity contribution in [1.82, 2.24) is 15.2 Å². The molecular weight excluding hydrogens is 246 g/mol. The summed E-state index contributed by atoms with van der Waals surface area (Å²) in [5.41, 5.74) is 1.19. The molecular formula is C13H23N3OS. The second-order valence-electron chi connectivity index (χ2n) is 5.10. The highest BCUT2D eigenvalue weighted by molar-refractivity contribution is 7.09. The molecule has 0 unspecified atom stereocenters. The van der Waals surface area contributed by atoms with E-state index < -0.39 is 0 Å². The monoisotopic (exact) mass is 269 g/mol.